The summed E-state index contributed by atoms with van der Waals surface area (Å²) in [5.41, 5.74) is 7.30. The number of amides is 1. The lowest BCUT2D eigenvalue weighted by molar-refractivity contribution is -0.112. The summed E-state index contributed by atoms with van der Waals surface area (Å²) in [7, 11) is 0. The summed E-state index contributed by atoms with van der Waals surface area (Å²) in [6.45, 7) is 0. The van der Waals surface area contributed by atoms with Crippen molar-refractivity contribution in [3.05, 3.63) is 24.0 Å². The number of aliphatic imine (C=N–C) groups is 2. The van der Waals surface area contributed by atoms with Gasteiger partial charge in [-0.25, -0.2) is 0 Å². The van der Waals surface area contributed by atoms with E-state index >= 15 is 0 Å². The number of nitrogens with zero attached hydrogens (tertiary/aromatic N) is 2. The lowest BCUT2D eigenvalue weighted by Gasteiger charge is -2.07. The molecule has 60 valence electrons. The highest BCUT2D eigenvalue weighted by atomic mass is 16.1. The van der Waals surface area contributed by atoms with Crippen molar-refractivity contribution in [2.45, 2.75) is 6.42 Å². The summed E-state index contributed by atoms with van der Waals surface area (Å²) in [4.78, 5) is 18.7. The van der Waals surface area contributed by atoms with E-state index in [1.165, 1.54) is 0 Å². The number of carbonyl (C=O) groups is 1. The molecule has 2 N–H and O–H groups in total. The molecule has 2 rings (SSSR count). The molecule has 4 heteroatoms. The molecule has 0 unspecified atom stereocenters. The van der Waals surface area contributed by atoms with E-state index in [2.05, 4.69) is 9.98 Å². The third kappa shape index (κ3) is 0.972. The van der Waals surface area contributed by atoms with Crippen molar-refractivity contribution in [3.63, 3.8) is 0 Å². The van der Waals surface area contributed by atoms with Gasteiger partial charge in [0.2, 0.25) is 0 Å². The molecule has 2 aliphatic heterocycles. The van der Waals surface area contributed by atoms with Crippen molar-refractivity contribution in [2.75, 3.05) is 0 Å². The molecule has 0 bridgehead atoms. The predicted molar refractivity (Wildman–Crippen MR) is 45.9 cm³/mol. The van der Waals surface area contributed by atoms with Crippen LogP contribution < -0.4 is 5.73 Å². The molecule has 0 saturated carbocycles. The quantitative estimate of drug-likeness (QED) is 0.585. The van der Waals surface area contributed by atoms with E-state index in [1.54, 1.807) is 12.4 Å². The average molecular weight is 161 g/mol. The molecule has 4 nitrogen and oxygen atoms in total. The van der Waals surface area contributed by atoms with Crippen LogP contribution >= 0.6 is 0 Å². The third-order valence-corrected chi connectivity index (χ3v) is 1.80. The van der Waals surface area contributed by atoms with Gasteiger partial charge in [0.05, 0.1) is 5.71 Å². The first-order valence-corrected chi connectivity index (χ1v) is 3.57. The zero-order chi connectivity index (χ0) is 8.55. The number of primary amides is 1. The predicted octanol–water partition coefficient (Wildman–Crippen LogP) is 0.169. The van der Waals surface area contributed by atoms with Crippen LogP contribution in [0, 0.1) is 0 Å². The van der Waals surface area contributed by atoms with E-state index in [0.29, 0.717) is 12.1 Å². The number of hydrogen-bond donors (Lipinski definition) is 1. The van der Waals surface area contributed by atoms with Crippen LogP contribution in [0.1, 0.15) is 6.42 Å². The monoisotopic (exact) mass is 161 g/mol. The Labute approximate surface area is 69.2 Å². The van der Waals surface area contributed by atoms with Crippen molar-refractivity contribution in [2.24, 2.45) is 15.7 Å². The highest BCUT2D eigenvalue weighted by Crippen LogP contribution is 2.16. The molecule has 2 aliphatic rings. The van der Waals surface area contributed by atoms with E-state index in [-0.39, 0.29) is 0 Å². The molecule has 1 amide bonds. The van der Waals surface area contributed by atoms with E-state index in [4.69, 9.17) is 5.73 Å². The summed E-state index contributed by atoms with van der Waals surface area (Å²) >= 11 is 0. The van der Waals surface area contributed by atoms with Gasteiger partial charge in [-0.3, -0.25) is 14.8 Å². The number of nitrogens with two attached hydrogens (primary N) is 1. The lowest BCUT2D eigenvalue weighted by Crippen LogP contribution is -2.27. The van der Waals surface area contributed by atoms with Gasteiger partial charge in [-0.05, 0) is 6.08 Å². The highest BCUT2D eigenvalue weighted by Gasteiger charge is 2.18. The van der Waals surface area contributed by atoms with Gasteiger partial charge < -0.3 is 5.73 Å². The zero-order valence-corrected chi connectivity index (χ0v) is 6.32. The van der Waals surface area contributed by atoms with Crippen LogP contribution in [0.25, 0.3) is 0 Å². The van der Waals surface area contributed by atoms with Gasteiger partial charge in [0, 0.05) is 24.4 Å². The lowest BCUT2D eigenvalue weighted by atomic mass is 10.0. The Kier molecular flexibility index (Phi) is 1.40. The average Bonchev–Trinajstić information content (AvgIpc) is 2.49. The van der Waals surface area contributed by atoms with Gasteiger partial charge in [0.15, 0.2) is 0 Å². The fourth-order valence-corrected chi connectivity index (χ4v) is 1.15. The first-order valence-electron chi connectivity index (χ1n) is 3.57. The third-order valence-electron chi connectivity index (χ3n) is 1.80. The Bertz CT molecular complexity index is 360. The minimum atomic E-state index is -0.472. The number of allylic oxidation sites excluding steroid dienone is 2. The fourth-order valence-electron chi connectivity index (χ4n) is 1.15. The van der Waals surface area contributed by atoms with Crippen molar-refractivity contribution in [3.8, 4) is 0 Å². The summed E-state index contributed by atoms with van der Waals surface area (Å²) in [6.07, 6.45) is 5.62. The van der Waals surface area contributed by atoms with Crippen LogP contribution in [0.5, 0.6) is 0 Å². The summed E-state index contributed by atoms with van der Waals surface area (Å²) in [6, 6.07) is 0. The molecule has 0 aromatic rings. The van der Waals surface area contributed by atoms with E-state index in [1.807, 2.05) is 6.08 Å². The van der Waals surface area contributed by atoms with E-state index < -0.39 is 5.91 Å². The van der Waals surface area contributed by atoms with Crippen molar-refractivity contribution in [1.82, 2.24) is 0 Å². The largest absolute Gasteiger partial charge is 0.365 e. The van der Waals surface area contributed by atoms with Crippen LogP contribution in [0.3, 0.4) is 0 Å². The molecule has 2 heterocycles. The first-order chi connectivity index (χ1) is 5.77. The summed E-state index contributed by atoms with van der Waals surface area (Å²) in [5, 5.41) is 0. The SMILES string of the molecule is NC(=O)C1=NC=C2C=CN=C2C1. The Morgan fingerprint density at radius 1 is 1.50 bits per heavy atom. The molecule has 12 heavy (non-hydrogen) atoms. The van der Waals surface area contributed by atoms with Gasteiger partial charge in [0.1, 0.15) is 5.71 Å². The second-order valence-electron chi connectivity index (χ2n) is 2.59. The van der Waals surface area contributed by atoms with Crippen molar-refractivity contribution in [1.29, 1.82) is 0 Å². The Balaban J connectivity index is 2.33. The van der Waals surface area contributed by atoms with Gasteiger partial charge in [0.25, 0.3) is 5.91 Å². The minimum Gasteiger partial charge on any atom is -0.365 e. The van der Waals surface area contributed by atoms with Crippen LogP contribution in [-0.4, -0.2) is 17.3 Å². The molecular weight excluding hydrogens is 154 g/mol. The molecule has 0 saturated heterocycles. The van der Waals surface area contributed by atoms with Crippen LogP contribution in [0.4, 0.5) is 0 Å². The minimum absolute atomic E-state index is 0.376. The molecule has 0 spiro atoms. The van der Waals surface area contributed by atoms with Gasteiger partial charge >= 0.3 is 0 Å². The topological polar surface area (TPSA) is 67.8 Å². The van der Waals surface area contributed by atoms with Crippen LogP contribution in [0.2, 0.25) is 0 Å². The van der Waals surface area contributed by atoms with Crippen molar-refractivity contribution >= 4 is 17.3 Å². The van der Waals surface area contributed by atoms with Crippen molar-refractivity contribution < 1.29 is 4.79 Å². The molecule has 0 aromatic heterocycles. The molecule has 0 atom stereocenters. The maximum Gasteiger partial charge on any atom is 0.263 e. The van der Waals surface area contributed by atoms with Crippen LogP contribution in [-0.2, 0) is 4.79 Å². The van der Waals surface area contributed by atoms with Gasteiger partial charge in [-0.1, -0.05) is 0 Å². The van der Waals surface area contributed by atoms with Gasteiger partial charge in [-0.15, -0.1) is 0 Å². The smallest absolute Gasteiger partial charge is 0.263 e. The maximum atomic E-state index is 10.7. The van der Waals surface area contributed by atoms with E-state index in [9.17, 15) is 4.79 Å². The molecule has 0 fully saturated rings. The highest BCUT2D eigenvalue weighted by molar-refractivity contribution is 6.43. The normalized spacial score (nSPS) is 19.5. The number of hydrogen-bond acceptors (Lipinski definition) is 3. The molecule has 0 aliphatic carbocycles. The number of rotatable bonds is 1. The number of fused-ring (bicyclic) bond motifs is 1. The molecule has 0 aromatic carbocycles. The summed E-state index contributed by atoms with van der Waals surface area (Å²) in [5.74, 6) is -0.472. The zero-order valence-electron chi connectivity index (χ0n) is 6.32. The summed E-state index contributed by atoms with van der Waals surface area (Å²) < 4.78 is 0. The standard InChI is InChI=1S/C8H7N3O/c9-8(12)7-3-6-5(4-11-7)1-2-10-6/h1-2,4H,3H2,(H2,9,12). The molecule has 0 radical (unpaired) electrons. The Hall–Kier alpha value is -1.71. The second kappa shape index (κ2) is 2.41. The Morgan fingerprint density at radius 3 is 3.08 bits per heavy atom. The van der Waals surface area contributed by atoms with Crippen LogP contribution in [0.15, 0.2) is 34.0 Å². The van der Waals surface area contributed by atoms with Gasteiger partial charge in [-0.2, -0.15) is 0 Å². The first kappa shape index (κ1) is 6.97. The fraction of sp³-hybridized carbons (Fsp3) is 0.125. The maximum absolute atomic E-state index is 10.7. The number of carbonyl (C=O) groups excluding carboxylic acids is 1. The molecular formula is C8H7N3O. The Morgan fingerprint density at radius 2 is 2.33 bits per heavy atom. The second-order valence-corrected chi connectivity index (χ2v) is 2.59. The van der Waals surface area contributed by atoms with E-state index in [0.717, 1.165) is 11.3 Å².